The first-order valence-corrected chi connectivity index (χ1v) is 10.4. The average molecular weight is 387 g/mol. The third-order valence-corrected chi connectivity index (χ3v) is 5.56. The Morgan fingerprint density at radius 3 is 2.73 bits per heavy atom. The molecular weight excluding hydrogens is 364 g/mol. The summed E-state index contributed by atoms with van der Waals surface area (Å²) in [7, 11) is 0. The molecule has 0 spiro atoms. The Labute approximate surface area is 161 Å². The lowest BCUT2D eigenvalue weighted by molar-refractivity contribution is -0.119. The molecule has 0 aliphatic rings. The fraction of sp³-hybridized carbons (Fsp3) is 0.316. The molecule has 0 radical (unpaired) electrons. The molecule has 3 N–H and O–H groups in total. The van der Waals surface area contributed by atoms with Crippen LogP contribution in [0.15, 0.2) is 46.9 Å². The summed E-state index contributed by atoms with van der Waals surface area (Å²) in [5, 5.41) is 6.48. The highest BCUT2D eigenvalue weighted by atomic mass is 32.2. The van der Waals surface area contributed by atoms with Crippen LogP contribution in [-0.2, 0) is 4.79 Å². The number of thioether (sulfide) groups is 1. The molecule has 1 unspecified atom stereocenters. The minimum Gasteiger partial charge on any atom is -0.383 e. The number of carbonyl (C=O) groups is 1. The molecule has 1 amide bonds. The number of benzene rings is 1. The van der Waals surface area contributed by atoms with Crippen molar-refractivity contribution in [3.63, 3.8) is 0 Å². The number of rotatable bonds is 7. The van der Waals surface area contributed by atoms with E-state index in [-0.39, 0.29) is 17.7 Å². The number of nitrogen functional groups attached to an aromatic ring is 1. The molecule has 0 saturated carbocycles. The summed E-state index contributed by atoms with van der Waals surface area (Å²) in [6.45, 7) is 4.31. The first-order chi connectivity index (χ1) is 12.5. The van der Waals surface area contributed by atoms with Gasteiger partial charge in [0.15, 0.2) is 5.16 Å². The van der Waals surface area contributed by atoms with E-state index < -0.39 is 0 Å². The van der Waals surface area contributed by atoms with Gasteiger partial charge in [0.05, 0.1) is 17.2 Å². The van der Waals surface area contributed by atoms with Crippen molar-refractivity contribution in [3.05, 3.63) is 47.3 Å². The van der Waals surface area contributed by atoms with Crippen molar-refractivity contribution in [1.29, 1.82) is 0 Å². The molecule has 0 aliphatic carbocycles. The number of amides is 1. The van der Waals surface area contributed by atoms with Gasteiger partial charge in [0.25, 0.3) is 0 Å². The zero-order chi connectivity index (χ0) is 18.5. The topological polar surface area (TPSA) is 80.9 Å². The van der Waals surface area contributed by atoms with Crippen molar-refractivity contribution in [2.24, 2.45) is 5.92 Å². The van der Waals surface area contributed by atoms with Gasteiger partial charge in [-0.25, -0.2) is 9.97 Å². The molecule has 0 aliphatic heterocycles. The van der Waals surface area contributed by atoms with Crippen molar-refractivity contribution >= 4 is 45.0 Å². The number of nitrogens with one attached hydrogen (secondary N) is 1. The molecule has 3 rings (SSSR count). The smallest absolute Gasteiger partial charge is 0.230 e. The van der Waals surface area contributed by atoms with E-state index in [1.165, 1.54) is 23.1 Å². The number of thiophene rings is 1. The molecule has 0 fully saturated rings. The molecule has 136 valence electrons. The molecule has 26 heavy (non-hydrogen) atoms. The lowest BCUT2D eigenvalue weighted by atomic mass is 9.97. The predicted molar refractivity (Wildman–Crippen MR) is 109 cm³/mol. The third kappa shape index (κ3) is 4.74. The highest BCUT2D eigenvalue weighted by Crippen LogP contribution is 2.26. The first-order valence-electron chi connectivity index (χ1n) is 8.50. The number of hydrogen-bond donors (Lipinski definition) is 2. The maximum atomic E-state index is 12.5. The molecule has 2 aromatic heterocycles. The van der Waals surface area contributed by atoms with Gasteiger partial charge in [-0.1, -0.05) is 55.9 Å². The van der Waals surface area contributed by atoms with Crippen LogP contribution in [0.5, 0.6) is 0 Å². The van der Waals surface area contributed by atoms with Crippen molar-refractivity contribution < 1.29 is 4.79 Å². The Bertz CT molecular complexity index is 880. The van der Waals surface area contributed by atoms with Gasteiger partial charge >= 0.3 is 0 Å². The summed E-state index contributed by atoms with van der Waals surface area (Å²) >= 11 is 2.83. The third-order valence-electron chi connectivity index (χ3n) is 3.91. The van der Waals surface area contributed by atoms with E-state index in [4.69, 9.17) is 5.73 Å². The number of hydrogen-bond acceptors (Lipinski definition) is 6. The maximum absolute atomic E-state index is 12.5. The normalized spacial score (nSPS) is 12.4. The summed E-state index contributed by atoms with van der Waals surface area (Å²) in [6.07, 6.45) is 0.894. The van der Waals surface area contributed by atoms with Crippen molar-refractivity contribution in [2.75, 3.05) is 11.5 Å². The molecule has 0 saturated heterocycles. The Balaban J connectivity index is 1.64. The maximum Gasteiger partial charge on any atom is 0.230 e. The van der Waals surface area contributed by atoms with Crippen LogP contribution >= 0.6 is 23.1 Å². The van der Waals surface area contributed by atoms with Crippen molar-refractivity contribution in [2.45, 2.75) is 31.5 Å². The second-order valence-corrected chi connectivity index (χ2v) is 8.32. The van der Waals surface area contributed by atoms with E-state index in [2.05, 4.69) is 41.3 Å². The summed E-state index contributed by atoms with van der Waals surface area (Å²) < 4.78 is 0. The Morgan fingerprint density at radius 2 is 2.00 bits per heavy atom. The van der Waals surface area contributed by atoms with Gasteiger partial charge in [0, 0.05) is 0 Å². The molecule has 5 nitrogen and oxygen atoms in total. The Hall–Kier alpha value is -2.12. The number of nitrogens with zero attached hydrogens (tertiary/aromatic N) is 2. The van der Waals surface area contributed by atoms with Crippen LogP contribution < -0.4 is 11.1 Å². The van der Waals surface area contributed by atoms with Crippen LogP contribution in [-0.4, -0.2) is 21.6 Å². The molecule has 1 aromatic carbocycles. The van der Waals surface area contributed by atoms with Gasteiger partial charge in [-0.2, -0.15) is 0 Å². The van der Waals surface area contributed by atoms with Crippen LogP contribution in [0.2, 0.25) is 0 Å². The molecule has 1 atom stereocenters. The van der Waals surface area contributed by atoms with Gasteiger partial charge < -0.3 is 11.1 Å². The van der Waals surface area contributed by atoms with Gasteiger partial charge in [0.1, 0.15) is 10.6 Å². The second-order valence-electron chi connectivity index (χ2n) is 6.48. The van der Waals surface area contributed by atoms with E-state index in [1.54, 1.807) is 0 Å². The SMILES string of the molecule is CC(C)CC(NC(=O)CSc1nc(N)c2ccsc2n1)c1ccccc1. The second kappa shape index (κ2) is 8.51. The van der Waals surface area contributed by atoms with Gasteiger partial charge in [0.2, 0.25) is 5.91 Å². The number of anilines is 1. The van der Waals surface area contributed by atoms with Crippen LogP contribution in [0.25, 0.3) is 10.2 Å². The summed E-state index contributed by atoms with van der Waals surface area (Å²) in [6, 6.07) is 12.0. The Morgan fingerprint density at radius 1 is 1.23 bits per heavy atom. The molecular formula is C19H22N4OS2. The van der Waals surface area contributed by atoms with E-state index in [9.17, 15) is 4.79 Å². The summed E-state index contributed by atoms with van der Waals surface area (Å²) in [5.74, 6) is 1.18. The lowest BCUT2D eigenvalue weighted by Crippen LogP contribution is -2.30. The lowest BCUT2D eigenvalue weighted by Gasteiger charge is -2.21. The fourth-order valence-corrected chi connectivity index (χ4v) is 4.22. The van der Waals surface area contributed by atoms with E-state index in [0.717, 1.165) is 22.2 Å². The quantitative estimate of drug-likeness (QED) is 0.468. The number of carbonyl (C=O) groups excluding carboxylic acids is 1. The van der Waals surface area contributed by atoms with Gasteiger partial charge in [-0.05, 0) is 29.3 Å². The largest absolute Gasteiger partial charge is 0.383 e. The average Bonchev–Trinajstić information content (AvgIpc) is 3.09. The number of aromatic nitrogens is 2. The number of fused-ring (bicyclic) bond motifs is 1. The Kier molecular flexibility index (Phi) is 6.11. The molecule has 7 heteroatoms. The molecule has 3 aromatic rings. The highest BCUT2D eigenvalue weighted by Gasteiger charge is 2.17. The van der Waals surface area contributed by atoms with Crippen LogP contribution in [0.3, 0.4) is 0 Å². The predicted octanol–water partition coefficient (Wildman–Crippen LogP) is 4.27. The van der Waals surface area contributed by atoms with Gasteiger partial charge in [-0.15, -0.1) is 11.3 Å². The summed E-state index contributed by atoms with van der Waals surface area (Å²) in [5.41, 5.74) is 7.09. The zero-order valence-electron chi connectivity index (χ0n) is 14.8. The summed E-state index contributed by atoms with van der Waals surface area (Å²) in [4.78, 5) is 22.1. The van der Waals surface area contributed by atoms with Gasteiger partial charge in [-0.3, -0.25) is 4.79 Å². The van der Waals surface area contributed by atoms with Crippen LogP contribution in [0, 0.1) is 5.92 Å². The van der Waals surface area contributed by atoms with Crippen molar-refractivity contribution in [1.82, 2.24) is 15.3 Å². The number of nitrogens with two attached hydrogens (primary N) is 1. The zero-order valence-corrected chi connectivity index (χ0v) is 16.4. The molecule has 2 heterocycles. The van der Waals surface area contributed by atoms with E-state index in [0.29, 0.717) is 16.9 Å². The molecule has 0 bridgehead atoms. The van der Waals surface area contributed by atoms with Crippen LogP contribution in [0.4, 0.5) is 5.82 Å². The van der Waals surface area contributed by atoms with Crippen LogP contribution in [0.1, 0.15) is 31.9 Å². The minimum atomic E-state index is -0.0297. The van der Waals surface area contributed by atoms with Crippen molar-refractivity contribution in [3.8, 4) is 0 Å². The minimum absolute atomic E-state index is 0.00932. The fourth-order valence-electron chi connectivity index (χ4n) is 2.72. The highest BCUT2D eigenvalue weighted by molar-refractivity contribution is 7.99. The monoisotopic (exact) mass is 386 g/mol. The van der Waals surface area contributed by atoms with E-state index >= 15 is 0 Å². The van der Waals surface area contributed by atoms with E-state index in [1.807, 2.05) is 29.6 Å². The standard InChI is InChI=1S/C19H22N4OS2/c1-12(2)10-15(13-6-4-3-5-7-13)21-16(24)11-26-19-22-17(20)14-8-9-25-18(14)23-19/h3-9,12,15H,10-11H2,1-2H3,(H,21,24)(H2,20,22,23). The first kappa shape index (κ1) is 18.7.